The van der Waals surface area contributed by atoms with Gasteiger partial charge in [-0.2, -0.15) is 4.31 Å². The fraction of sp³-hybridized carbons (Fsp3) is 0.500. The Labute approximate surface area is 124 Å². The highest BCUT2D eigenvalue weighted by Crippen LogP contribution is 2.20. The van der Waals surface area contributed by atoms with Crippen molar-refractivity contribution in [1.82, 2.24) is 9.62 Å². The van der Waals surface area contributed by atoms with Crippen LogP contribution < -0.4 is 5.32 Å². The first-order valence-corrected chi connectivity index (χ1v) is 8.48. The SMILES string of the molecule is CCC1C(=O)NCCN1S(=O)(=O)Cc1ccc(C)cc1F. The van der Waals surface area contributed by atoms with Gasteiger partial charge in [0, 0.05) is 18.7 Å². The number of piperazine rings is 1. The molecular formula is C14H19FN2O3S. The number of carbonyl (C=O) groups is 1. The van der Waals surface area contributed by atoms with Crippen LogP contribution >= 0.6 is 0 Å². The number of nitrogens with zero attached hydrogens (tertiary/aromatic N) is 1. The van der Waals surface area contributed by atoms with E-state index in [0.717, 1.165) is 5.56 Å². The van der Waals surface area contributed by atoms with Gasteiger partial charge in [0.15, 0.2) is 0 Å². The number of rotatable bonds is 4. The molecule has 0 saturated carbocycles. The van der Waals surface area contributed by atoms with Gasteiger partial charge in [0.2, 0.25) is 15.9 Å². The molecule has 1 aromatic rings. The van der Waals surface area contributed by atoms with Crippen LogP contribution in [0.3, 0.4) is 0 Å². The Bertz CT molecular complexity index is 646. The molecule has 0 aromatic heterocycles. The van der Waals surface area contributed by atoms with Crippen molar-refractivity contribution in [3.63, 3.8) is 0 Å². The van der Waals surface area contributed by atoms with Crippen molar-refractivity contribution in [2.75, 3.05) is 13.1 Å². The van der Waals surface area contributed by atoms with Crippen LogP contribution in [0.2, 0.25) is 0 Å². The molecule has 1 aliphatic heterocycles. The van der Waals surface area contributed by atoms with Crippen LogP contribution in [0.1, 0.15) is 24.5 Å². The second kappa shape index (κ2) is 6.11. The molecule has 1 aromatic carbocycles. The standard InChI is InChI=1S/C14H19FN2O3S/c1-3-13-14(18)16-6-7-17(13)21(19,20)9-11-5-4-10(2)8-12(11)15/h4-5,8,13H,3,6-7,9H2,1-2H3,(H,16,18). The summed E-state index contributed by atoms with van der Waals surface area (Å²) >= 11 is 0. The van der Waals surface area contributed by atoms with Crippen LogP contribution in [-0.4, -0.2) is 37.8 Å². The van der Waals surface area contributed by atoms with Gasteiger partial charge in [0.25, 0.3) is 0 Å². The maximum Gasteiger partial charge on any atom is 0.238 e. The number of nitrogens with one attached hydrogen (secondary N) is 1. The van der Waals surface area contributed by atoms with Gasteiger partial charge in [-0.3, -0.25) is 4.79 Å². The minimum atomic E-state index is -3.73. The predicted octanol–water partition coefficient (Wildman–Crippen LogP) is 1.17. The zero-order chi connectivity index (χ0) is 15.6. The van der Waals surface area contributed by atoms with E-state index in [4.69, 9.17) is 0 Å². The number of amides is 1. The van der Waals surface area contributed by atoms with Gasteiger partial charge in [-0.15, -0.1) is 0 Å². The van der Waals surface area contributed by atoms with E-state index >= 15 is 0 Å². The van der Waals surface area contributed by atoms with Crippen LogP contribution in [0.25, 0.3) is 0 Å². The predicted molar refractivity (Wildman–Crippen MR) is 77.6 cm³/mol. The fourth-order valence-electron chi connectivity index (χ4n) is 2.46. The molecule has 2 rings (SSSR count). The summed E-state index contributed by atoms with van der Waals surface area (Å²) in [5.41, 5.74) is 0.860. The average Bonchev–Trinajstić information content (AvgIpc) is 2.41. The van der Waals surface area contributed by atoms with Gasteiger partial charge in [0.1, 0.15) is 11.9 Å². The van der Waals surface area contributed by atoms with Crippen molar-refractivity contribution in [3.05, 3.63) is 35.1 Å². The van der Waals surface area contributed by atoms with Crippen molar-refractivity contribution in [2.45, 2.75) is 32.1 Å². The highest BCUT2D eigenvalue weighted by molar-refractivity contribution is 7.88. The molecule has 1 atom stereocenters. The molecule has 1 unspecified atom stereocenters. The number of sulfonamides is 1. The van der Waals surface area contributed by atoms with Gasteiger partial charge >= 0.3 is 0 Å². The Morgan fingerprint density at radius 1 is 1.43 bits per heavy atom. The van der Waals surface area contributed by atoms with Crippen molar-refractivity contribution < 1.29 is 17.6 Å². The van der Waals surface area contributed by atoms with Gasteiger partial charge in [-0.1, -0.05) is 19.1 Å². The number of halogens is 1. The Hall–Kier alpha value is -1.47. The topological polar surface area (TPSA) is 66.5 Å². The summed E-state index contributed by atoms with van der Waals surface area (Å²) in [5, 5.41) is 2.65. The summed E-state index contributed by atoms with van der Waals surface area (Å²) in [7, 11) is -3.73. The van der Waals surface area contributed by atoms with E-state index in [1.807, 2.05) is 0 Å². The number of aryl methyl sites for hydroxylation is 1. The molecule has 0 radical (unpaired) electrons. The number of carbonyl (C=O) groups excluding carboxylic acids is 1. The van der Waals surface area contributed by atoms with E-state index in [0.29, 0.717) is 6.42 Å². The first-order valence-electron chi connectivity index (χ1n) is 6.87. The highest BCUT2D eigenvalue weighted by Gasteiger charge is 2.36. The van der Waals surface area contributed by atoms with Gasteiger partial charge in [0.05, 0.1) is 5.75 Å². The summed E-state index contributed by atoms with van der Waals surface area (Å²) in [6.07, 6.45) is 0.390. The van der Waals surface area contributed by atoms with Crippen LogP contribution in [-0.2, 0) is 20.6 Å². The average molecular weight is 314 g/mol. The fourth-order valence-corrected chi connectivity index (χ4v) is 4.26. The summed E-state index contributed by atoms with van der Waals surface area (Å²) in [6.45, 7) is 4.00. The van der Waals surface area contributed by atoms with Crippen molar-refractivity contribution in [3.8, 4) is 0 Å². The third-order valence-electron chi connectivity index (χ3n) is 3.57. The molecular weight excluding hydrogens is 295 g/mol. The highest BCUT2D eigenvalue weighted by atomic mass is 32.2. The van der Waals surface area contributed by atoms with Gasteiger partial charge in [-0.05, 0) is 25.0 Å². The molecule has 5 nitrogen and oxygen atoms in total. The normalized spacial score (nSPS) is 20.3. The number of hydrogen-bond acceptors (Lipinski definition) is 3. The lowest BCUT2D eigenvalue weighted by atomic mass is 10.2. The zero-order valence-electron chi connectivity index (χ0n) is 12.1. The molecule has 7 heteroatoms. The van der Waals surface area contributed by atoms with E-state index in [1.54, 1.807) is 19.9 Å². The first-order chi connectivity index (χ1) is 9.85. The molecule has 1 heterocycles. The number of benzene rings is 1. The smallest absolute Gasteiger partial charge is 0.238 e. The van der Waals surface area contributed by atoms with E-state index in [-0.39, 0.29) is 24.6 Å². The molecule has 21 heavy (non-hydrogen) atoms. The quantitative estimate of drug-likeness (QED) is 0.907. The minimum absolute atomic E-state index is 0.126. The van der Waals surface area contributed by atoms with Gasteiger partial charge < -0.3 is 5.32 Å². The van der Waals surface area contributed by atoms with Crippen LogP contribution in [0.15, 0.2) is 18.2 Å². The largest absolute Gasteiger partial charge is 0.353 e. The van der Waals surface area contributed by atoms with Crippen LogP contribution in [0, 0.1) is 12.7 Å². The Kier molecular flexibility index (Phi) is 4.63. The van der Waals surface area contributed by atoms with Crippen LogP contribution in [0.4, 0.5) is 4.39 Å². The number of hydrogen-bond donors (Lipinski definition) is 1. The Morgan fingerprint density at radius 3 is 2.76 bits per heavy atom. The lowest BCUT2D eigenvalue weighted by molar-refractivity contribution is -0.126. The van der Waals surface area contributed by atoms with E-state index in [1.165, 1.54) is 16.4 Å². The molecule has 1 fully saturated rings. The summed E-state index contributed by atoms with van der Waals surface area (Å²) in [4.78, 5) is 11.8. The molecule has 1 saturated heterocycles. The van der Waals surface area contributed by atoms with Crippen molar-refractivity contribution >= 4 is 15.9 Å². The summed E-state index contributed by atoms with van der Waals surface area (Å²) in [5.74, 6) is -1.26. The third-order valence-corrected chi connectivity index (χ3v) is 5.40. The molecule has 0 aliphatic carbocycles. The molecule has 0 spiro atoms. The van der Waals surface area contributed by atoms with E-state index in [9.17, 15) is 17.6 Å². The first kappa shape index (κ1) is 15.9. The Morgan fingerprint density at radius 2 is 2.14 bits per heavy atom. The summed E-state index contributed by atoms with van der Waals surface area (Å²) < 4.78 is 40.0. The maximum absolute atomic E-state index is 13.8. The second-order valence-electron chi connectivity index (χ2n) is 5.18. The Balaban J connectivity index is 2.26. The lowest BCUT2D eigenvalue weighted by Crippen LogP contribution is -2.57. The molecule has 1 N–H and O–H groups in total. The lowest BCUT2D eigenvalue weighted by Gasteiger charge is -2.33. The van der Waals surface area contributed by atoms with Crippen molar-refractivity contribution in [1.29, 1.82) is 0 Å². The molecule has 0 bridgehead atoms. The van der Waals surface area contributed by atoms with E-state index in [2.05, 4.69) is 5.32 Å². The van der Waals surface area contributed by atoms with Crippen molar-refractivity contribution in [2.24, 2.45) is 0 Å². The molecule has 1 amide bonds. The van der Waals surface area contributed by atoms with E-state index < -0.39 is 27.6 Å². The minimum Gasteiger partial charge on any atom is -0.353 e. The zero-order valence-corrected chi connectivity index (χ0v) is 12.9. The summed E-state index contributed by atoms with van der Waals surface area (Å²) in [6, 6.07) is 3.75. The molecule has 1 aliphatic rings. The maximum atomic E-state index is 13.8. The van der Waals surface area contributed by atoms with Gasteiger partial charge in [-0.25, -0.2) is 12.8 Å². The second-order valence-corrected chi connectivity index (χ2v) is 7.10. The third kappa shape index (κ3) is 3.41. The van der Waals surface area contributed by atoms with Crippen LogP contribution in [0.5, 0.6) is 0 Å². The monoisotopic (exact) mass is 314 g/mol. The molecule has 116 valence electrons.